The second-order valence-electron chi connectivity index (χ2n) is 8.44. The third-order valence-corrected chi connectivity index (χ3v) is 5.89. The molecule has 6 nitrogen and oxygen atoms in total. The molecular formula is C32H25ClN2O4. The van der Waals surface area contributed by atoms with Gasteiger partial charge >= 0.3 is 0 Å². The number of halogens is 1. The maximum Gasteiger partial charge on any atom is 0.272 e. The van der Waals surface area contributed by atoms with Crippen LogP contribution >= 0.6 is 11.6 Å². The van der Waals surface area contributed by atoms with Gasteiger partial charge in [-0.15, -0.1) is 0 Å². The SMILES string of the molecule is COc1ccc(/C=C(\NC(=O)c2ccccc2)C(=O)Nc2ccc(C(=O)/C=C/c3cccc(Cl)c3)cc2)cc1. The lowest BCUT2D eigenvalue weighted by atomic mass is 10.1. The summed E-state index contributed by atoms with van der Waals surface area (Å²) in [4.78, 5) is 38.6. The minimum Gasteiger partial charge on any atom is -0.497 e. The maximum atomic E-state index is 13.2. The maximum absolute atomic E-state index is 13.2. The monoisotopic (exact) mass is 536 g/mol. The fourth-order valence-electron chi connectivity index (χ4n) is 3.60. The topological polar surface area (TPSA) is 84.5 Å². The van der Waals surface area contributed by atoms with Crippen molar-refractivity contribution in [3.8, 4) is 5.75 Å². The standard InChI is InChI=1S/C32H25ClN2O4/c1-39-28-17-10-23(11-18-28)21-29(35-31(37)25-7-3-2-4-8-25)32(38)34-27-15-13-24(14-16-27)30(36)19-12-22-6-5-9-26(33)20-22/h2-21H,1H3,(H,34,38)(H,35,37)/b19-12+,29-21-. The molecule has 0 bridgehead atoms. The molecule has 4 aromatic rings. The number of hydrogen-bond donors (Lipinski definition) is 2. The molecule has 4 rings (SSSR count). The quantitative estimate of drug-likeness (QED) is 0.185. The van der Waals surface area contributed by atoms with Crippen LogP contribution in [-0.2, 0) is 4.79 Å². The summed E-state index contributed by atoms with van der Waals surface area (Å²) < 4.78 is 5.19. The Kier molecular flexibility index (Phi) is 9.06. The summed E-state index contributed by atoms with van der Waals surface area (Å²) in [5.74, 6) is -0.459. The van der Waals surface area contributed by atoms with Gasteiger partial charge in [0, 0.05) is 21.8 Å². The Morgan fingerprint density at radius 3 is 2.15 bits per heavy atom. The van der Waals surface area contributed by atoms with Crippen molar-refractivity contribution in [2.45, 2.75) is 0 Å². The van der Waals surface area contributed by atoms with Gasteiger partial charge < -0.3 is 15.4 Å². The summed E-state index contributed by atoms with van der Waals surface area (Å²) >= 11 is 5.99. The fraction of sp³-hybridized carbons (Fsp3) is 0.0312. The number of anilines is 1. The van der Waals surface area contributed by atoms with E-state index >= 15 is 0 Å². The van der Waals surface area contributed by atoms with Crippen molar-refractivity contribution < 1.29 is 19.1 Å². The summed E-state index contributed by atoms with van der Waals surface area (Å²) in [6.07, 6.45) is 4.73. The van der Waals surface area contributed by atoms with Crippen LogP contribution in [0.25, 0.3) is 12.2 Å². The zero-order valence-corrected chi connectivity index (χ0v) is 21.8. The first-order valence-electron chi connectivity index (χ1n) is 12.0. The van der Waals surface area contributed by atoms with Crippen LogP contribution in [0.15, 0.2) is 115 Å². The van der Waals surface area contributed by atoms with E-state index in [0.29, 0.717) is 33.1 Å². The van der Waals surface area contributed by atoms with Gasteiger partial charge in [-0.05, 0) is 83.9 Å². The summed E-state index contributed by atoms with van der Waals surface area (Å²) in [5, 5.41) is 6.07. The lowest BCUT2D eigenvalue weighted by molar-refractivity contribution is -0.113. The van der Waals surface area contributed by atoms with Crippen molar-refractivity contribution in [2.24, 2.45) is 0 Å². The average Bonchev–Trinajstić information content (AvgIpc) is 2.96. The van der Waals surface area contributed by atoms with Gasteiger partial charge in [-0.1, -0.05) is 60.1 Å². The van der Waals surface area contributed by atoms with E-state index in [4.69, 9.17) is 16.3 Å². The summed E-state index contributed by atoms with van der Waals surface area (Å²) in [7, 11) is 1.57. The molecule has 0 aliphatic carbocycles. The van der Waals surface area contributed by atoms with E-state index in [-0.39, 0.29) is 11.5 Å². The minimum atomic E-state index is -0.518. The largest absolute Gasteiger partial charge is 0.497 e. The third kappa shape index (κ3) is 7.77. The number of hydrogen-bond acceptors (Lipinski definition) is 4. The van der Waals surface area contributed by atoms with Crippen molar-refractivity contribution in [1.29, 1.82) is 0 Å². The molecule has 39 heavy (non-hydrogen) atoms. The molecule has 0 fully saturated rings. The van der Waals surface area contributed by atoms with Crippen LogP contribution < -0.4 is 15.4 Å². The molecular weight excluding hydrogens is 512 g/mol. The third-order valence-electron chi connectivity index (χ3n) is 5.66. The van der Waals surface area contributed by atoms with E-state index < -0.39 is 11.8 Å². The Hall–Kier alpha value is -4.94. The summed E-state index contributed by atoms with van der Waals surface area (Å²) in [5.41, 5.74) is 2.90. The zero-order valence-electron chi connectivity index (χ0n) is 21.1. The van der Waals surface area contributed by atoms with Gasteiger partial charge in [0.05, 0.1) is 7.11 Å². The fourth-order valence-corrected chi connectivity index (χ4v) is 3.80. The smallest absolute Gasteiger partial charge is 0.272 e. The first-order chi connectivity index (χ1) is 18.9. The molecule has 0 heterocycles. The van der Waals surface area contributed by atoms with E-state index in [1.807, 2.05) is 12.1 Å². The first-order valence-corrected chi connectivity index (χ1v) is 12.4. The average molecular weight is 537 g/mol. The number of carbonyl (C=O) groups is 3. The van der Waals surface area contributed by atoms with E-state index in [2.05, 4.69) is 10.6 Å². The number of amides is 2. The number of ketones is 1. The predicted octanol–water partition coefficient (Wildman–Crippen LogP) is 6.65. The molecule has 0 unspecified atom stereocenters. The minimum absolute atomic E-state index is 0.0543. The number of ether oxygens (including phenoxy) is 1. The number of methoxy groups -OCH3 is 1. The molecule has 0 aromatic heterocycles. The summed E-state index contributed by atoms with van der Waals surface area (Å²) in [6, 6.07) is 29.4. The van der Waals surface area contributed by atoms with E-state index in [1.165, 1.54) is 6.08 Å². The van der Waals surface area contributed by atoms with Gasteiger partial charge in [0.1, 0.15) is 11.4 Å². The van der Waals surface area contributed by atoms with Gasteiger partial charge in [-0.3, -0.25) is 14.4 Å². The lowest BCUT2D eigenvalue weighted by Crippen LogP contribution is -2.30. The molecule has 0 saturated heterocycles. The number of carbonyl (C=O) groups excluding carboxylic acids is 3. The Labute approximate surface area is 231 Å². The Bertz CT molecular complexity index is 1530. The lowest BCUT2D eigenvalue weighted by Gasteiger charge is -2.12. The number of nitrogens with one attached hydrogen (secondary N) is 2. The highest BCUT2D eigenvalue weighted by Gasteiger charge is 2.15. The number of rotatable bonds is 9. The highest BCUT2D eigenvalue weighted by Crippen LogP contribution is 2.17. The molecule has 0 atom stereocenters. The molecule has 2 amide bonds. The molecule has 194 valence electrons. The second-order valence-corrected chi connectivity index (χ2v) is 8.87. The highest BCUT2D eigenvalue weighted by molar-refractivity contribution is 6.30. The van der Waals surface area contributed by atoms with E-state index in [1.54, 1.807) is 110 Å². The van der Waals surface area contributed by atoms with Gasteiger partial charge in [-0.2, -0.15) is 0 Å². The van der Waals surface area contributed by atoms with Crippen molar-refractivity contribution in [3.05, 3.63) is 142 Å². The van der Waals surface area contributed by atoms with Gasteiger partial charge in [0.2, 0.25) is 0 Å². The predicted molar refractivity (Wildman–Crippen MR) is 155 cm³/mol. The van der Waals surface area contributed by atoms with Crippen LogP contribution in [0.2, 0.25) is 5.02 Å². The van der Waals surface area contributed by atoms with Crippen LogP contribution in [0.4, 0.5) is 5.69 Å². The normalized spacial score (nSPS) is 11.2. The molecule has 0 aliphatic rings. The molecule has 2 N–H and O–H groups in total. The van der Waals surface area contributed by atoms with Crippen LogP contribution in [0, 0.1) is 0 Å². The van der Waals surface area contributed by atoms with Crippen LogP contribution in [0.1, 0.15) is 31.8 Å². The molecule has 7 heteroatoms. The molecule has 4 aromatic carbocycles. The second kappa shape index (κ2) is 13.0. The number of benzene rings is 4. The Balaban J connectivity index is 1.49. The van der Waals surface area contributed by atoms with E-state index in [0.717, 1.165) is 5.56 Å². The van der Waals surface area contributed by atoms with Crippen LogP contribution in [0.3, 0.4) is 0 Å². The van der Waals surface area contributed by atoms with Crippen molar-refractivity contribution in [2.75, 3.05) is 12.4 Å². The zero-order chi connectivity index (χ0) is 27.6. The highest BCUT2D eigenvalue weighted by atomic mass is 35.5. The van der Waals surface area contributed by atoms with Crippen LogP contribution in [-0.4, -0.2) is 24.7 Å². The molecule has 0 saturated carbocycles. The molecule has 0 spiro atoms. The Morgan fingerprint density at radius 2 is 1.49 bits per heavy atom. The Morgan fingerprint density at radius 1 is 0.769 bits per heavy atom. The molecule has 0 aliphatic heterocycles. The van der Waals surface area contributed by atoms with E-state index in [9.17, 15) is 14.4 Å². The van der Waals surface area contributed by atoms with Crippen molar-refractivity contribution in [1.82, 2.24) is 5.32 Å². The summed E-state index contributed by atoms with van der Waals surface area (Å²) in [6.45, 7) is 0. The van der Waals surface area contributed by atoms with Gasteiger partial charge in [-0.25, -0.2) is 0 Å². The van der Waals surface area contributed by atoms with Crippen molar-refractivity contribution >= 4 is 47.0 Å². The van der Waals surface area contributed by atoms with Gasteiger partial charge in [0.25, 0.3) is 11.8 Å². The number of allylic oxidation sites excluding steroid dienone is 1. The molecule has 0 radical (unpaired) electrons. The first kappa shape index (κ1) is 27.1. The van der Waals surface area contributed by atoms with Crippen LogP contribution in [0.5, 0.6) is 5.75 Å². The van der Waals surface area contributed by atoms with Gasteiger partial charge in [0.15, 0.2) is 5.78 Å². The van der Waals surface area contributed by atoms with Crippen molar-refractivity contribution in [3.63, 3.8) is 0 Å².